The van der Waals surface area contributed by atoms with Crippen molar-refractivity contribution in [2.45, 2.75) is 51.2 Å². The van der Waals surface area contributed by atoms with Crippen molar-refractivity contribution in [1.29, 1.82) is 0 Å². The number of benzene rings is 1. The molecule has 3 heteroatoms. The van der Waals surface area contributed by atoms with Crippen molar-refractivity contribution >= 4 is 12.4 Å². The molecule has 1 aliphatic carbocycles. The first kappa shape index (κ1) is 15.5. The number of hydrogen-bond donors (Lipinski definition) is 2. The highest BCUT2D eigenvalue weighted by atomic mass is 35.5. The molecular weight excluding hydrogens is 246 g/mol. The summed E-state index contributed by atoms with van der Waals surface area (Å²) in [5.74, 6) is 0.423. The van der Waals surface area contributed by atoms with Crippen LogP contribution in [0.1, 0.15) is 50.8 Å². The van der Waals surface area contributed by atoms with Crippen molar-refractivity contribution in [3.63, 3.8) is 0 Å². The van der Waals surface area contributed by atoms with Crippen LogP contribution in [0.3, 0.4) is 0 Å². The average Bonchev–Trinajstić information content (AvgIpc) is 3.10. The maximum Gasteiger partial charge on any atom is 0.0760 e. The Balaban J connectivity index is 0.00000162. The number of aliphatic hydroxyl groups is 1. The van der Waals surface area contributed by atoms with Gasteiger partial charge in [-0.3, -0.25) is 0 Å². The fourth-order valence-electron chi connectivity index (χ4n) is 2.13. The van der Waals surface area contributed by atoms with E-state index < -0.39 is 0 Å². The first-order valence-electron chi connectivity index (χ1n) is 6.43. The number of rotatable bonds is 3. The van der Waals surface area contributed by atoms with Gasteiger partial charge in [0.2, 0.25) is 0 Å². The highest BCUT2D eigenvalue weighted by Crippen LogP contribution is 2.37. The monoisotopic (exact) mass is 269 g/mol. The minimum absolute atomic E-state index is 0. The molecule has 0 amide bonds. The Morgan fingerprint density at radius 2 is 1.67 bits per heavy atom. The number of hydrogen-bond acceptors (Lipinski definition) is 2. The fraction of sp³-hybridized carbons (Fsp3) is 0.600. The maximum absolute atomic E-state index is 10.0. The molecule has 0 radical (unpaired) electrons. The van der Waals surface area contributed by atoms with Gasteiger partial charge in [-0.15, -0.1) is 12.4 Å². The van der Waals surface area contributed by atoms with E-state index in [0.717, 1.165) is 18.4 Å². The van der Waals surface area contributed by atoms with Gasteiger partial charge < -0.3 is 10.8 Å². The van der Waals surface area contributed by atoms with Crippen molar-refractivity contribution in [2.75, 3.05) is 0 Å². The van der Waals surface area contributed by atoms with Crippen molar-refractivity contribution in [1.82, 2.24) is 0 Å². The van der Waals surface area contributed by atoms with Crippen LogP contribution in [0.25, 0.3) is 0 Å². The number of nitrogens with two attached hydrogens (primary N) is 1. The third-order valence-corrected chi connectivity index (χ3v) is 3.63. The topological polar surface area (TPSA) is 46.2 Å². The summed E-state index contributed by atoms with van der Waals surface area (Å²) in [6.45, 7) is 6.59. The van der Waals surface area contributed by atoms with Gasteiger partial charge in [-0.2, -0.15) is 0 Å². The highest BCUT2D eigenvalue weighted by Gasteiger charge is 2.34. The summed E-state index contributed by atoms with van der Waals surface area (Å²) in [4.78, 5) is 0. The molecule has 1 fully saturated rings. The molecule has 0 aromatic heterocycles. The second-order valence-electron chi connectivity index (χ2n) is 6.23. The quantitative estimate of drug-likeness (QED) is 0.885. The van der Waals surface area contributed by atoms with E-state index in [1.807, 2.05) is 0 Å². The van der Waals surface area contributed by atoms with E-state index >= 15 is 0 Å². The van der Waals surface area contributed by atoms with Crippen molar-refractivity contribution < 1.29 is 5.11 Å². The Hall–Kier alpha value is -0.570. The van der Waals surface area contributed by atoms with Crippen molar-refractivity contribution in [3.8, 4) is 0 Å². The highest BCUT2D eigenvalue weighted by molar-refractivity contribution is 5.85. The smallest absolute Gasteiger partial charge is 0.0760 e. The lowest BCUT2D eigenvalue weighted by atomic mass is 9.86. The molecule has 3 N–H and O–H groups in total. The normalized spacial score (nSPS) is 18.9. The molecule has 18 heavy (non-hydrogen) atoms. The van der Waals surface area contributed by atoms with Crippen LogP contribution in [-0.2, 0) is 5.41 Å². The van der Waals surface area contributed by atoms with Crippen LogP contribution in [-0.4, -0.2) is 11.2 Å². The summed E-state index contributed by atoms with van der Waals surface area (Å²) in [6.07, 6.45) is 1.86. The predicted octanol–water partition coefficient (Wildman–Crippen LogP) is 3.18. The summed E-state index contributed by atoms with van der Waals surface area (Å²) < 4.78 is 0. The fourth-order valence-corrected chi connectivity index (χ4v) is 2.13. The molecule has 2 atom stereocenters. The van der Waals surface area contributed by atoms with E-state index in [4.69, 9.17) is 5.73 Å². The Morgan fingerprint density at radius 1 is 1.17 bits per heavy atom. The lowest BCUT2D eigenvalue weighted by Crippen LogP contribution is -2.28. The van der Waals surface area contributed by atoms with E-state index in [0.29, 0.717) is 5.92 Å². The van der Waals surface area contributed by atoms with Gasteiger partial charge in [0, 0.05) is 0 Å². The van der Waals surface area contributed by atoms with Gasteiger partial charge in [-0.1, -0.05) is 45.0 Å². The third kappa shape index (κ3) is 3.47. The summed E-state index contributed by atoms with van der Waals surface area (Å²) in [6, 6.07) is 8.11. The molecule has 0 bridgehead atoms. The summed E-state index contributed by atoms with van der Waals surface area (Å²) >= 11 is 0. The minimum Gasteiger partial charge on any atom is -0.391 e. The van der Waals surface area contributed by atoms with Gasteiger partial charge in [-0.05, 0) is 35.3 Å². The van der Waals surface area contributed by atoms with Crippen molar-refractivity contribution in [3.05, 3.63) is 35.4 Å². The molecule has 0 unspecified atom stereocenters. The number of halogens is 1. The zero-order valence-electron chi connectivity index (χ0n) is 11.4. The first-order chi connectivity index (χ1) is 7.89. The lowest BCUT2D eigenvalue weighted by Gasteiger charge is -2.22. The van der Waals surface area contributed by atoms with Gasteiger partial charge in [0.25, 0.3) is 0 Å². The Labute approximate surface area is 116 Å². The van der Waals surface area contributed by atoms with Gasteiger partial charge in [0.15, 0.2) is 0 Å². The second-order valence-corrected chi connectivity index (χ2v) is 6.23. The molecule has 2 rings (SSSR count). The van der Waals surface area contributed by atoms with Crippen LogP contribution in [0.4, 0.5) is 0 Å². The molecular formula is C15H24ClNO. The van der Waals surface area contributed by atoms with Crippen LogP contribution in [0.2, 0.25) is 0 Å². The number of aliphatic hydroxyl groups excluding tert-OH is 1. The van der Waals surface area contributed by atoms with E-state index in [2.05, 4.69) is 45.0 Å². The molecule has 102 valence electrons. The lowest BCUT2D eigenvalue weighted by molar-refractivity contribution is 0.122. The molecule has 1 aliphatic rings. The minimum atomic E-state index is -0.379. The van der Waals surface area contributed by atoms with E-state index in [-0.39, 0.29) is 30.0 Å². The SMILES string of the molecule is CC(C)(C)c1ccc([C@H](N)[C@H](O)C2CC2)cc1.Cl. The van der Waals surface area contributed by atoms with E-state index in [9.17, 15) is 5.11 Å². The zero-order chi connectivity index (χ0) is 12.6. The summed E-state index contributed by atoms with van der Waals surface area (Å²) in [5.41, 5.74) is 8.59. The van der Waals surface area contributed by atoms with Gasteiger partial charge in [0.1, 0.15) is 0 Å². The average molecular weight is 270 g/mol. The molecule has 0 spiro atoms. The first-order valence-corrected chi connectivity index (χ1v) is 6.43. The van der Waals surface area contributed by atoms with Gasteiger partial charge in [-0.25, -0.2) is 0 Å². The third-order valence-electron chi connectivity index (χ3n) is 3.63. The molecule has 0 saturated heterocycles. The second kappa shape index (κ2) is 5.60. The molecule has 1 aromatic rings. The van der Waals surface area contributed by atoms with Crippen LogP contribution >= 0.6 is 12.4 Å². The summed E-state index contributed by atoms with van der Waals surface area (Å²) in [5, 5.41) is 10.0. The molecule has 2 nitrogen and oxygen atoms in total. The Morgan fingerprint density at radius 3 is 2.06 bits per heavy atom. The molecule has 0 aliphatic heterocycles. The Bertz CT molecular complexity index is 378. The van der Waals surface area contributed by atoms with Crippen LogP contribution in [0.15, 0.2) is 24.3 Å². The predicted molar refractivity (Wildman–Crippen MR) is 78.0 cm³/mol. The summed E-state index contributed by atoms with van der Waals surface area (Å²) in [7, 11) is 0. The van der Waals surface area contributed by atoms with Gasteiger partial charge >= 0.3 is 0 Å². The van der Waals surface area contributed by atoms with Crippen molar-refractivity contribution in [2.24, 2.45) is 11.7 Å². The standard InChI is InChI=1S/C15H23NO.ClH/c1-15(2,3)12-8-6-10(7-9-12)13(16)14(17)11-4-5-11;/h6-9,11,13-14,17H,4-5,16H2,1-3H3;1H/t13-,14+;/m0./s1. The Kier molecular flexibility index (Phi) is 4.82. The molecule has 0 heterocycles. The van der Waals surface area contributed by atoms with Crippen LogP contribution in [0, 0.1) is 5.92 Å². The van der Waals surface area contributed by atoms with Gasteiger partial charge in [0.05, 0.1) is 12.1 Å². The van der Waals surface area contributed by atoms with E-state index in [1.54, 1.807) is 0 Å². The maximum atomic E-state index is 10.0. The molecule has 1 saturated carbocycles. The van der Waals surface area contributed by atoms with Crippen LogP contribution in [0.5, 0.6) is 0 Å². The molecule has 1 aromatic carbocycles. The zero-order valence-corrected chi connectivity index (χ0v) is 12.2. The van der Waals surface area contributed by atoms with Crippen LogP contribution < -0.4 is 5.73 Å². The van der Waals surface area contributed by atoms with E-state index in [1.165, 1.54) is 5.56 Å². The largest absolute Gasteiger partial charge is 0.391 e.